The Kier molecular flexibility index (Phi) is 5.03. The lowest BCUT2D eigenvalue weighted by atomic mass is 9.88. The highest BCUT2D eigenvalue weighted by Gasteiger charge is 2.21. The molecule has 4 nitrogen and oxygen atoms in total. The molecule has 4 rings (SSSR count). The van der Waals surface area contributed by atoms with Crippen LogP contribution in [0.1, 0.15) is 30.0 Å². The minimum Gasteiger partial charge on any atom is -0.349 e. The summed E-state index contributed by atoms with van der Waals surface area (Å²) in [5.41, 5.74) is 3.40. The van der Waals surface area contributed by atoms with E-state index in [1.807, 2.05) is 30.3 Å². The van der Waals surface area contributed by atoms with Gasteiger partial charge in [0.25, 0.3) is 5.56 Å². The number of carbonyl (C=O) groups excluding carboxylic acids is 1. The second-order valence-corrected chi connectivity index (χ2v) is 7.94. The van der Waals surface area contributed by atoms with E-state index in [0.29, 0.717) is 5.75 Å². The zero-order valence-corrected chi connectivity index (χ0v) is 16.1. The van der Waals surface area contributed by atoms with E-state index in [1.54, 1.807) is 17.7 Å². The number of rotatable bonds is 4. The summed E-state index contributed by atoms with van der Waals surface area (Å²) in [7, 11) is 1.77. The number of carbonyl (C=O) groups is 1. The lowest BCUT2D eigenvalue weighted by Gasteiger charge is -2.26. The molecule has 1 atom stereocenters. The van der Waals surface area contributed by atoms with E-state index < -0.39 is 0 Å². The van der Waals surface area contributed by atoms with Crippen molar-refractivity contribution in [3.8, 4) is 0 Å². The SMILES string of the molecule is Cn1c(=O)cc(SCC(=O)N[C@H]2CCCc3ccccc32)c2ccccc21. The number of hydrogen-bond donors (Lipinski definition) is 1. The average Bonchev–Trinajstić information content (AvgIpc) is 2.70. The topological polar surface area (TPSA) is 51.1 Å². The van der Waals surface area contributed by atoms with Crippen molar-refractivity contribution in [3.05, 3.63) is 76.1 Å². The molecule has 0 radical (unpaired) electrons. The Labute approximate surface area is 162 Å². The molecule has 27 heavy (non-hydrogen) atoms. The number of para-hydroxylation sites is 1. The first kappa shape index (κ1) is 17.9. The molecule has 138 valence electrons. The number of hydrogen-bond acceptors (Lipinski definition) is 3. The second-order valence-electron chi connectivity index (χ2n) is 6.92. The van der Waals surface area contributed by atoms with Crippen LogP contribution in [0.4, 0.5) is 0 Å². The predicted molar refractivity (Wildman–Crippen MR) is 110 cm³/mol. The van der Waals surface area contributed by atoms with Crippen molar-refractivity contribution in [1.29, 1.82) is 0 Å². The van der Waals surface area contributed by atoms with Gasteiger partial charge < -0.3 is 9.88 Å². The Morgan fingerprint density at radius 3 is 2.85 bits per heavy atom. The van der Waals surface area contributed by atoms with Crippen LogP contribution in [0.2, 0.25) is 0 Å². The van der Waals surface area contributed by atoms with Crippen LogP contribution < -0.4 is 10.9 Å². The maximum atomic E-state index is 12.6. The summed E-state index contributed by atoms with van der Waals surface area (Å²) in [5, 5.41) is 4.18. The van der Waals surface area contributed by atoms with Crippen LogP contribution in [0.25, 0.3) is 10.9 Å². The number of fused-ring (bicyclic) bond motifs is 2. The number of nitrogens with one attached hydrogen (secondary N) is 1. The standard InChI is InChI=1S/C22H22N2O2S/c1-24-19-12-5-4-10-17(19)20(13-22(24)26)27-14-21(25)23-18-11-6-8-15-7-2-3-9-16(15)18/h2-5,7,9-10,12-13,18H,6,8,11,14H2,1H3,(H,23,25)/t18-/m0/s1. The fraction of sp³-hybridized carbons (Fsp3) is 0.273. The van der Waals surface area contributed by atoms with Gasteiger partial charge in [-0.05, 0) is 36.5 Å². The van der Waals surface area contributed by atoms with E-state index >= 15 is 0 Å². The quantitative estimate of drug-likeness (QED) is 0.702. The zero-order valence-electron chi connectivity index (χ0n) is 15.3. The molecule has 0 fully saturated rings. The summed E-state index contributed by atoms with van der Waals surface area (Å²) in [6, 6.07) is 17.9. The highest BCUT2D eigenvalue weighted by Crippen LogP contribution is 2.30. The van der Waals surface area contributed by atoms with Crippen LogP contribution in [0, 0.1) is 0 Å². The first-order chi connectivity index (χ1) is 13.1. The monoisotopic (exact) mass is 378 g/mol. The van der Waals surface area contributed by atoms with Gasteiger partial charge in [-0.25, -0.2) is 0 Å². The molecule has 0 saturated carbocycles. The molecule has 0 bridgehead atoms. The summed E-state index contributed by atoms with van der Waals surface area (Å²) in [5.74, 6) is 0.307. The third-order valence-corrected chi connectivity index (χ3v) is 6.23. The summed E-state index contributed by atoms with van der Waals surface area (Å²) >= 11 is 1.43. The highest BCUT2D eigenvalue weighted by molar-refractivity contribution is 8.00. The molecule has 0 spiro atoms. The summed E-state index contributed by atoms with van der Waals surface area (Å²) < 4.78 is 1.64. The molecule has 5 heteroatoms. The molecule has 1 aliphatic carbocycles. The van der Waals surface area contributed by atoms with Crippen molar-refractivity contribution in [2.24, 2.45) is 7.05 Å². The fourth-order valence-corrected chi connectivity index (χ4v) is 4.66. The summed E-state index contributed by atoms with van der Waals surface area (Å²) in [6.07, 6.45) is 3.15. The largest absolute Gasteiger partial charge is 0.349 e. The van der Waals surface area contributed by atoms with Crippen molar-refractivity contribution in [3.63, 3.8) is 0 Å². The Morgan fingerprint density at radius 1 is 1.19 bits per heavy atom. The number of amides is 1. The molecule has 1 heterocycles. The van der Waals surface area contributed by atoms with E-state index in [4.69, 9.17) is 0 Å². The van der Waals surface area contributed by atoms with Gasteiger partial charge >= 0.3 is 0 Å². The average molecular weight is 378 g/mol. The molecule has 1 amide bonds. The number of pyridine rings is 1. The van der Waals surface area contributed by atoms with Crippen LogP contribution >= 0.6 is 11.8 Å². The van der Waals surface area contributed by atoms with Gasteiger partial charge in [0.2, 0.25) is 5.91 Å². The van der Waals surface area contributed by atoms with E-state index in [2.05, 4.69) is 23.5 Å². The minimum atomic E-state index is -0.0576. The molecular weight excluding hydrogens is 356 g/mol. The van der Waals surface area contributed by atoms with E-state index in [0.717, 1.165) is 35.1 Å². The van der Waals surface area contributed by atoms with Crippen molar-refractivity contribution in [2.75, 3.05) is 5.75 Å². The predicted octanol–water partition coefficient (Wildman–Crippen LogP) is 3.82. The van der Waals surface area contributed by atoms with Gasteiger partial charge in [0.1, 0.15) is 0 Å². The van der Waals surface area contributed by atoms with E-state index in [1.165, 1.54) is 22.9 Å². The minimum absolute atomic E-state index is 0.00598. The fourth-order valence-electron chi connectivity index (χ4n) is 3.78. The lowest BCUT2D eigenvalue weighted by molar-refractivity contribution is -0.119. The van der Waals surface area contributed by atoms with E-state index in [9.17, 15) is 9.59 Å². The van der Waals surface area contributed by atoms with Gasteiger partial charge in [-0.1, -0.05) is 42.5 Å². The van der Waals surface area contributed by atoms with Gasteiger partial charge in [0.15, 0.2) is 0 Å². The third kappa shape index (κ3) is 3.65. The maximum Gasteiger partial charge on any atom is 0.251 e. The third-order valence-electron chi connectivity index (χ3n) is 5.18. The summed E-state index contributed by atoms with van der Waals surface area (Å²) in [4.78, 5) is 25.6. The normalized spacial score (nSPS) is 16.1. The Balaban J connectivity index is 1.49. The first-order valence-corrected chi connectivity index (χ1v) is 10.2. The molecule has 1 N–H and O–H groups in total. The highest BCUT2D eigenvalue weighted by atomic mass is 32.2. The maximum absolute atomic E-state index is 12.6. The van der Waals surface area contributed by atoms with Gasteiger partial charge in [0.05, 0.1) is 17.3 Å². The van der Waals surface area contributed by atoms with Crippen molar-refractivity contribution < 1.29 is 4.79 Å². The molecule has 0 saturated heterocycles. The van der Waals surface area contributed by atoms with Crippen molar-refractivity contribution >= 4 is 28.6 Å². The van der Waals surface area contributed by atoms with Crippen molar-refractivity contribution in [1.82, 2.24) is 9.88 Å². The Hall–Kier alpha value is -2.53. The molecule has 0 aliphatic heterocycles. The zero-order chi connectivity index (χ0) is 18.8. The number of nitrogens with zero attached hydrogens (tertiary/aromatic N) is 1. The summed E-state index contributed by atoms with van der Waals surface area (Å²) in [6.45, 7) is 0. The van der Waals surface area contributed by atoms with Gasteiger partial charge in [-0.2, -0.15) is 0 Å². The van der Waals surface area contributed by atoms with Gasteiger partial charge in [-0.3, -0.25) is 9.59 Å². The smallest absolute Gasteiger partial charge is 0.251 e. The Morgan fingerprint density at radius 2 is 1.96 bits per heavy atom. The molecule has 2 aromatic carbocycles. The molecule has 3 aromatic rings. The number of aromatic nitrogens is 1. The first-order valence-electron chi connectivity index (χ1n) is 9.22. The van der Waals surface area contributed by atoms with Gasteiger partial charge in [0, 0.05) is 23.4 Å². The van der Waals surface area contributed by atoms with Crippen LogP contribution in [-0.2, 0) is 18.3 Å². The second kappa shape index (κ2) is 7.61. The number of benzene rings is 2. The lowest BCUT2D eigenvalue weighted by Crippen LogP contribution is -2.32. The van der Waals surface area contributed by atoms with Crippen LogP contribution in [0.5, 0.6) is 0 Å². The van der Waals surface area contributed by atoms with E-state index in [-0.39, 0.29) is 17.5 Å². The molecule has 1 aliphatic rings. The van der Waals surface area contributed by atoms with Crippen molar-refractivity contribution in [2.45, 2.75) is 30.2 Å². The Bertz CT molecular complexity index is 1060. The molecular formula is C22H22N2O2S. The van der Waals surface area contributed by atoms with Gasteiger partial charge in [-0.15, -0.1) is 11.8 Å². The van der Waals surface area contributed by atoms with Crippen LogP contribution in [-0.4, -0.2) is 16.2 Å². The van der Waals surface area contributed by atoms with Crippen LogP contribution in [0.3, 0.4) is 0 Å². The van der Waals surface area contributed by atoms with Crippen LogP contribution in [0.15, 0.2) is 64.3 Å². The molecule has 1 aromatic heterocycles. The number of thioether (sulfide) groups is 1. The molecule has 0 unspecified atom stereocenters. The number of aryl methyl sites for hydroxylation is 2.